The van der Waals surface area contributed by atoms with E-state index in [4.69, 9.17) is 9.53 Å². The van der Waals surface area contributed by atoms with Crippen LogP contribution in [-0.4, -0.2) is 43.4 Å². The first kappa shape index (κ1) is 17.5. The number of carbonyl (C=O) groups is 1. The minimum atomic E-state index is -1.94. The molecule has 1 saturated carbocycles. The Hall–Kier alpha value is -0.593. The Labute approximate surface area is 122 Å². The fourth-order valence-electron chi connectivity index (χ4n) is 2.39. The SMILES string of the molecule is CC(C)(C)[Si](C)(C)OC1CC(CO)CCC1NC(=O)O. The summed E-state index contributed by atoms with van der Waals surface area (Å²) >= 11 is 0. The summed E-state index contributed by atoms with van der Waals surface area (Å²) in [5, 5.41) is 21.0. The lowest BCUT2D eigenvalue weighted by atomic mass is 9.84. The molecule has 20 heavy (non-hydrogen) atoms. The molecule has 1 rings (SSSR count). The molecule has 3 unspecified atom stereocenters. The summed E-state index contributed by atoms with van der Waals surface area (Å²) in [6, 6.07) is -0.163. The zero-order valence-corrected chi connectivity index (χ0v) is 14.3. The first-order valence-electron chi connectivity index (χ1n) is 7.35. The van der Waals surface area contributed by atoms with Crippen molar-refractivity contribution in [1.82, 2.24) is 5.32 Å². The van der Waals surface area contributed by atoms with Crippen LogP contribution in [0.4, 0.5) is 4.79 Å². The Balaban J connectivity index is 2.81. The third-order valence-corrected chi connectivity index (χ3v) is 9.22. The predicted molar refractivity (Wildman–Crippen MR) is 81.4 cm³/mol. The summed E-state index contributed by atoms with van der Waals surface area (Å²) in [7, 11) is -1.94. The van der Waals surface area contributed by atoms with Crippen LogP contribution in [0.5, 0.6) is 0 Å². The molecule has 0 aromatic heterocycles. The largest absolute Gasteiger partial charge is 0.465 e. The second kappa shape index (κ2) is 6.45. The lowest BCUT2D eigenvalue weighted by molar-refractivity contribution is 0.0539. The first-order chi connectivity index (χ1) is 9.06. The van der Waals surface area contributed by atoms with Gasteiger partial charge < -0.3 is 20.0 Å². The Bertz CT molecular complexity index is 341. The van der Waals surface area contributed by atoms with E-state index in [1.807, 2.05) is 0 Å². The van der Waals surface area contributed by atoms with Crippen LogP contribution in [0.2, 0.25) is 18.1 Å². The van der Waals surface area contributed by atoms with Crippen LogP contribution in [0, 0.1) is 5.92 Å². The first-order valence-corrected chi connectivity index (χ1v) is 10.3. The molecule has 118 valence electrons. The average Bonchev–Trinajstić information content (AvgIpc) is 2.29. The van der Waals surface area contributed by atoms with Crippen molar-refractivity contribution in [2.24, 2.45) is 5.92 Å². The monoisotopic (exact) mass is 303 g/mol. The number of hydrogen-bond acceptors (Lipinski definition) is 3. The molecule has 0 radical (unpaired) electrons. The number of rotatable bonds is 4. The van der Waals surface area contributed by atoms with Gasteiger partial charge >= 0.3 is 6.09 Å². The molecule has 1 amide bonds. The highest BCUT2D eigenvalue weighted by molar-refractivity contribution is 6.74. The zero-order chi connectivity index (χ0) is 15.6. The minimum absolute atomic E-state index is 0.0902. The fraction of sp³-hybridized carbons (Fsp3) is 0.929. The van der Waals surface area contributed by atoms with Gasteiger partial charge in [0.05, 0.1) is 12.1 Å². The molecular weight excluding hydrogens is 274 g/mol. The topological polar surface area (TPSA) is 78.8 Å². The van der Waals surface area contributed by atoms with Gasteiger partial charge in [0, 0.05) is 6.61 Å². The van der Waals surface area contributed by atoms with Crippen molar-refractivity contribution in [1.29, 1.82) is 0 Å². The van der Waals surface area contributed by atoms with Crippen molar-refractivity contribution in [3.63, 3.8) is 0 Å². The fourth-order valence-corrected chi connectivity index (χ4v) is 3.76. The summed E-state index contributed by atoms with van der Waals surface area (Å²) in [5.41, 5.74) is 0. The number of nitrogens with one attached hydrogen (secondary N) is 1. The third kappa shape index (κ3) is 4.46. The predicted octanol–water partition coefficient (Wildman–Crippen LogP) is 2.81. The van der Waals surface area contributed by atoms with Gasteiger partial charge in [-0.2, -0.15) is 0 Å². The summed E-state index contributed by atoms with van der Waals surface area (Å²) in [5.74, 6) is 0.219. The zero-order valence-electron chi connectivity index (χ0n) is 13.3. The molecule has 0 saturated heterocycles. The molecular formula is C14H29NO4Si. The molecule has 0 aromatic carbocycles. The van der Waals surface area contributed by atoms with Gasteiger partial charge in [0.15, 0.2) is 8.32 Å². The molecule has 0 aliphatic heterocycles. The average molecular weight is 303 g/mol. The van der Waals surface area contributed by atoms with E-state index in [0.717, 1.165) is 19.3 Å². The highest BCUT2D eigenvalue weighted by Crippen LogP contribution is 2.39. The van der Waals surface area contributed by atoms with E-state index in [1.54, 1.807) is 0 Å². The summed E-state index contributed by atoms with van der Waals surface area (Å²) in [6.45, 7) is 11.0. The molecule has 0 aromatic rings. The summed E-state index contributed by atoms with van der Waals surface area (Å²) < 4.78 is 6.39. The van der Waals surface area contributed by atoms with Crippen molar-refractivity contribution in [3.05, 3.63) is 0 Å². The van der Waals surface area contributed by atoms with Gasteiger partial charge in [-0.25, -0.2) is 4.79 Å². The van der Waals surface area contributed by atoms with E-state index in [1.165, 1.54) is 0 Å². The molecule has 1 aliphatic carbocycles. The highest BCUT2D eigenvalue weighted by Gasteiger charge is 2.42. The van der Waals surface area contributed by atoms with Crippen molar-refractivity contribution >= 4 is 14.4 Å². The van der Waals surface area contributed by atoms with Gasteiger partial charge in [0.1, 0.15) is 0 Å². The number of aliphatic hydroxyl groups excluding tert-OH is 1. The van der Waals surface area contributed by atoms with Crippen LogP contribution in [0.15, 0.2) is 0 Å². The van der Waals surface area contributed by atoms with Crippen LogP contribution in [0.1, 0.15) is 40.0 Å². The van der Waals surface area contributed by atoms with Crippen molar-refractivity contribution in [2.45, 2.75) is 70.3 Å². The van der Waals surface area contributed by atoms with Crippen molar-refractivity contribution < 1.29 is 19.4 Å². The van der Waals surface area contributed by atoms with Gasteiger partial charge in [0.2, 0.25) is 0 Å². The number of amides is 1. The normalized spacial score (nSPS) is 28.2. The van der Waals surface area contributed by atoms with Crippen LogP contribution < -0.4 is 5.32 Å². The maximum Gasteiger partial charge on any atom is 0.404 e. The Morgan fingerprint density at radius 1 is 1.35 bits per heavy atom. The third-order valence-electron chi connectivity index (χ3n) is 4.72. The molecule has 1 aliphatic rings. The molecule has 0 bridgehead atoms. The molecule has 1 fully saturated rings. The number of carboxylic acid groups (broad SMARTS) is 1. The van der Waals surface area contributed by atoms with Gasteiger partial charge in [-0.1, -0.05) is 20.8 Å². The molecule has 0 heterocycles. The van der Waals surface area contributed by atoms with E-state index in [-0.39, 0.29) is 29.7 Å². The quantitative estimate of drug-likeness (QED) is 0.698. The van der Waals surface area contributed by atoms with Crippen LogP contribution in [-0.2, 0) is 4.43 Å². The van der Waals surface area contributed by atoms with Crippen LogP contribution >= 0.6 is 0 Å². The van der Waals surface area contributed by atoms with Gasteiger partial charge in [-0.15, -0.1) is 0 Å². The van der Waals surface area contributed by atoms with Crippen molar-refractivity contribution in [3.8, 4) is 0 Å². The van der Waals surface area contributed by atoms with E-state index >= 15 is 0 Å². The Morgan fingerprint density at radius 3 is 2.40 bits per heavy atom. The number of aliphatic hydroxyl groups is 1. The smallest absolute Gasteiger partial charge is 0.404 e. The van der Waals surface area contributed by atoms with Gasteiger partial charge in [0.25, 0.3) is 0 Å². The number of hydrogen-bond donors (Lipinski definition) is 3. The highest BCUT2D eigenvalue weighted by atomic mass is 28.4. The van der Waals surface area contributed by atoms with Crippen LogP contribution in [0.3, 0.4) is 0 Å². The summed E-state index contributed by atoms with van der Waals surface area (Å²) in [4.78, 5) is 10.9. The molecule has 3 N–H and O–H groups in total. The van der Waals surface area contributed by atoms with Crippen molar-refractivity contribution in [2.75, 3.05) is 6.61 Å². The molecule has 0 spiro atoms. The Morgan fingerprint density at radius 2 is 1.95 bits per heavy atom. The minimum Gasteiger partial charge on any atom is -0.465 e. The second-order valence-electron chi connectivity index (χ2n) is 7.33. The van der Waals surface area contributed by atoms with Crippen LogP contribution in [0.25, 0.3) is 0 Å². The maximum absolute atomic E-state index is 10.9. The maximum atomic E-state index is 10.9. The second-order valence-corrected chi connectivity index (χ2v) is 12.1. The Kier molecular flexibility index (Phi) is 5.63. The van der Waals surface area contributed by atoms with E-state index in [9.17, 15) is 9.90 Å². The molecule has 5 nitrogen and oxygen atoms in total. The molecule has 3 atom stereocenters. The van der Waals surface area contributed by atoms with E-state index in [2.05, 4.69) is 39.2 Å². The standard InChI is InChI=1S/C14H29NO4Si/c1-14(2,3)20(4,5)19-12-8-10(9-16)6-7-11(12)15-13(17)18/h10-12,15-16H,6-9H2,1-5H3,(H,17,18). The van der Waals surface area contributed by atoms with E-state index in [0.29, 0.717) is 0 Å². The van der Waals surface area contributed by atoms with Gasteiger partial charge in [-0.05, 0) is 43.3 Å². The lowest BCUT2D eigenvalue weighted by Crippen LogP contribution is -2.54. The molecule has 6 heteroatoms. The van der Waals surface area contributed by atoms with E-state index < -0.39 is 14.4 Å². The summed E-state index contributed by atoms with van der Waals surface area (Å²) in [6.07, 6.45) is 1.18. The van der Waals surface area contributed by atoms with Gasteiger partial charge in [-0.3, -0.25) is 0 Å². The lowest BCUT2D eigenvalue weighted by Gasteiger charge is -2.44.